The van der Waals surface area contributed by atoms with E-state index in [0.29, 0.717) is 51.0 Å². The van der Waals surface area contributed by atoms with Crippen LogP contribution in [0.4, 0.5) is 4.79 Å². The lowest BCUT2D eigenvalue weighted by atomic mass is 9.48. The number of allylic oxidation sites excluding steroid dienone is 2. The van der Waals surface area contributed by atoms with Crippen molar-refractivity contribution < 1.29 is 19.4 Å². The lowest BCUT2D eigenvalue weighted by molar-refractivity contribution is -0.145. The van der Waals surface area contributed by atoms with E-state index >= 15 is 0 Å². The number of fused-ring (bicyclic) bond motifs is 5. The molecule has 172 valence electrons. The third kappa shape index (κ3) is 3.14. The first-order valence-electron chi connectivity index (χ1n) is 12.0. The van der Waals surface area contributed by atoms with Gasteiger partial charge in [-0.3, -0.25) is 4.79 Å². The minimum Gasteiger partial charge on any atom is -0.393 e. The second kappa shape index (κ2) is 7.48. The number of hydrogen-bond donors (Lipinski definition) is 2. The fraction of sp³-hybridized carbons (Fsp3) is 0.833. The summed E-state index contributed by atoms with van der Waals surface area (Å²) in [6, 6.07) is 0.106. The average Bonchev–Trinajstić information content (AvgIpc) is 3.07. The highest BCUT2D eigenvalue weighted by Gasteiger charge is 2.62. The van der Waals surface area contributed by atoms with Crippen molar-refractivity contribution >= 4 is 11.9 Å². The number of carbonyl (C=O) groups is 2. The van der Waals surface area contributed by atoms with Crippen LogP contribution in [-0.4, -0.2) is 72.3 Å². The zero-order valence-corrected chi connectivity index (χ0v) is 19.1. The van der Waals surface area contributed by atoms with Crippen LogP contribution < -0.4 is 5.32 Å². The van der Waals surface area contributed by atoms with E-state index in [1.807, 2.05) is 16.8 Å². The monoisotopic (exact) mass is 431 g/mol. The van der Waals surface area contributed by atoms with Gasteiger partial charge >= 0.3 is 6.03 Å². The summed E-state index contributed by atoms with van der Waals surface area (Å²) in [7, 11) is 1.89. The molecule has 7 heteroatoms. The van der Waals surface area contributed by atoms with Crippen LogP contribution in [0.1, 0.15) is 52.4 Å². The standard InChI is InChI=1S/C24H37N3O4/c1-23-9-8-20(29)26(3)19(23)7-4-15-16-5-6-18(24(16,2)14-17(28)21(15)23)25-22(30)27-10-12-31-13-11-27/h7,15-18,21,28H,4-6,8-14H2,1-3H3,(H,25,30)/t15?,16?,17-,18-,21?,23-,24-/m0/s1. The van der Waals surface area contributed by atoms with Crippen LogP contribution >= 0.6 is 0 Å². The first kappa shape index (κ1) is 21.3. The molecule has 7 nitrogen and oxygen atoms in total. The highest BCUT2D eigenvalue weighted by atomic mass is 16.5. The summed E-state index contributed by atoms with van der Waals surface area (Å²) < 4.78 is 5.38. The Bertz CT molecular complexity index is 794. The fourth-order valence-electron chi connectivity index (χ4n) is 7.96. The summed E-state index contributed by atoms with van der Waals surface area (Å²) in [6.45, 7) is 7.03. The molecule has 2 aliphatic heterocycles. The Morgan fingerprint density at radius 3 is 2.74 bits per heavy atom. The third-order valence-electron chi connectivity index (χ3n) is 9.54. The van der Waals surface area contributed by atoms with Crippen molar-refractivity contribution in [3.63, 3.8) is 0 Å². The van der Waals surface area contributed by atoms with E-state index in [1.165, 1.54) is 0 Å². The number of ether oxygens (including phenoxy) is 1. The number of rotatable bonds is 1. The minimum atomic E-state index is -0.414. The molecule has 5 aliphatic rings. The van der Waals surface area contributed by atoms with Crippen molar-refractivity contribution in [3.05, 3.63) is 11.8 Å². The number of aliphatic hydroxyl groups is 1. The highest BCUT2D eigenvalue weighted by Crippen LogP contribution is 2.64. The summed E-state index contributed by atoms with van der Waals surface area (Å²) >= 11 is 0. The Balaban J connectivity index is 1.38. The topological polar surface area (TPSA) is 82.1 Å². The van der Waals surface area contributed by atoms with E-state index < -0.39 is 6.10 Å². The summed E-state index contributed by atoms with van der Waals surface area (Å²) in [6.07, 6.45) is 6.92. The molecule has 3 unspecified atom stereocenters. The van der Waals surface area contributed by atoms with Crippen molar-refractivity contribution in [2.45, 2.75) is 64.5 Å². The predicted octanol–water partition coefficient (Wildman–Crippen LogP) is 2.36. The summed E-state index contributed by atoms with van der Waals surface area (Å²) in [5, 5.41) is 14.8. The van der Waals surface area contributed by atoms with Crippen molar-refractivity contribution in [1.82, 2.24) is 15.1 Å². The summed E-state index contributed by atoms with van der Waals surface area (Å²) in [5.41, 5.74) is 0.866. The second-order valence-corrected chi connectivity index (χ2v) is 10.9. The molecule has 0 aromatic carbocycles. The van der Waals surface area contributed by atoms with Gasteiger partial charge in [-0.25, -0.2) is 4.79 Å². The van der Waals surface area contributed by atoms with Gasteiger partial charge in [-0.1, -0.05) is 19.9 Å². The first-order chi connectivity index (χ1) is 14.8. The number of piperidine rings is 1. The molecule has 31 heavy (non-hydrogen) atoms. The van der Waals surface area contributed by atoms with Gasteiger partial charge in [0.2, 0.25) is 5.91 Å². The number of morpholine rings is 1. The molecular formula is C24H37N3O4. The van der Waals surface area contributed by atoms with E-state index in [2.05, 4.69) is 25.2 Å². The Labute approximate surface area is 185 Å². The van der Waals surface area contributed by atoms with Crippen LogP contribution in [0.15, 0.2) is 11.8 Å². The van der Waals surface area contributed by atoms with Crippen molar-refractivity contribution in [2.75, 3.05) is 33.4 Å². The molecule has 5 rings (SSSR count). The number of urea groups is 1. The first-order valence-corrected chi connectivity index (χ1v) is 12.0. The highest BCUT2D eigenvalue weighted by molar-refractivity contribution is 5.79. The number of aliphatic hydroxyl groups excluding tert-OH is 1. The van der Waals surface area contributed by atoms with Gasteiger partial charge in [-0.15, -0.1) is 0 Å². The van der Waals surface area contributed by atoms with E-state index in [4.69, 9.17) is 4.74 Å². The number of amides is 3. The zero-order chi connectivity index (χ0) is 22.0. The smallest absolute Gasteiger partial charge is 0.317 e. The van der Waals surface area contributed by atoms with Crippen molar-refractivity contribution in [2.24, 2.45) is 28.6 Å². The molecule has 0 spiro atoms. The molecule has 2 heterocycles. The van der Waals surface area contributed by atoms with Crippen LogP contribution in [0.25, 0.3) is 0 Å². The molecule has 0 aromatic rings. The average molecular weight is 432 g/mol. The van der Waals surface area contributed by atoms with Crippen LogP contribution in [0.2, 0.25) is 0 Å². The van der Waals surface area contributed by atoms with Gasteiger partial charge in [0.15, 0.2) is 0 Å². The minimum absolute atomic E-state index is 0.0111. The van der Waals surface area contributed by atoms with Gasteiger partial charge in [0.1, 0.15) is 0 Å². The van der Waals surface area contributed by atoms with E-state index in [1.54, 1.807) is 0 Å². The van der Waals surface area contributed by atoms with Gasteiger partial charge in [0, 0.05) is 43.7 Å². The van der Waals surface area contributed by atoms with E-state index in [9.17, 15) is 14.7 Å². The van der Waals surface area contributed by atoms with Crippen molar-refractivity contribution in [3.8, 4) is 0 Å². The predicted molar refractivity (Wildman–Crippen MR) is 116 cm³/mol. The number of carbonyl (C=O) groups excluding carboxylic acids is 2. The maximum Gasteiger partial charge on any atom is 0.317 e. The third-order valence-corrected chi connectivity index (χ3v) is 9.54. The van der Waals surface area contributed by atoms with Gasteiger partial charge in [0.05, 0.1) is 19.3 Å². The van der Waals surface area contributed by atoms with Gasteiger partial charge in [-0.2, -0.15) is 0 Å². The second-order valence-electron chi connectivity index (χ2n) is 10.9. The van der Waals surface area contributed by atoms with E-state index in [0.717, 1.165) is 31.4 Å². The Kier molecular flexibility index (Phi) is 5.13. The molecule has 2 saturated carbocycles. The lowest BCUT2D eigenvalue weighted by Gasteiger charge is -2.60. The normalized spacial score (nSPS) is 44.8. The van der Waals surface area contributed by atoms with Crippen LogP contribution in [0, 0.1) is 28.6 Å². The molecule has 0 aromatic heterocycles. The molecule has 3 aliphatic carbocycles. The SMILES string of the molecule is CN1C(=O)CC[C@@]2(C)C1=CCC1C2[C@@H](O)C[C@@]2(C)C1CC[C@@H]2NC(=O)N1CCOCC1. The number of nitrogens with zero attached hydrogens (tertiary/aromatic N) is 2. The number of hydrogen-bond acceptors (Lipinski definition) is 4. The Morgan fingerprint density at radius 1 is 1.26 bits per heavy atom. The molecule has 0 bridgehead atoms. The molecule has 0 radical (unpaired) electrons. The zero-order valence-electron chi connectivity index (χ0n) is 19.1. The Hall–Kier alpha value is -1.60. The van der Waals surface area contributed by atoms with Gasteiger partial charge in [0.25, 0.3) is 0 Å². The van der Waals surface area contributed by atoms with E-state index in [-0.39, 0.29) is 34.7 Å². The van der Waals surface area contributed by atoms with Gasteiger partial charge in [-0.05, 0) is 55.3 Å². The number of nitrogens with one attached hydrogen (secondary N) is 1. The molecule has 2 saturated heterocycles. The molecule has 2 N–H and O–H groups in total. The number of likely N-dealkylation sites (tertiary alicyclic amines) is 1. The molecular weight excluding hydrogens is 394 g/mol. The quantitative estimate of drug-likeness (QED) is 0.668. The van der Waals surface area contributed by atoms with Crippen LogP contribution in [-0.2, 0) is 9.53 Å². The largest absolute Gasteiger partial charge is 0.393 e. The van der Waals surface area contributed by atoms with Crippen molar-refractivity contribution in [1.29, 1.82) is 0 Å². The van der Waals surface area contributed by atoms with Gasteiger partial charge < -0.3 is 25.0 Å². The molecule has 3 amide bonds. The molecule has 4 fully saturated rings. The van der Waals surface area contributed by atoms with Crippen LogP contribution in [0.3, 0.4) is 0 Å². The summed E-state index contributed by atoms with van der Waals surface area (Å²) in [4.78, 5) is 28.9. The maximum absolute atomic E-state index is 12.9. The Morgan fingerprint density at radius 2 is 2.00 bits per heavy atom. The fourth-order valence-corrected chi connectivity index (χ4v) is 7.96. The maximum atomic E-state index is 12.9. The van der Waals surface area contributed by atoms with Crippen LogP contribution in [0.5, 0.6) is 0 Å². The summed E-state index contributed by atoms with van der Waals surface area (Å²) in [5.74, 6) is 1.24. The molecule has 7 atom stereocenters. The lowest BCUT2D eigenvalue weighted by Crippen LogP contribution is -2.61.